The van der Waals surface area contributed by atoms with Crippen molar-refractivity contribution in [3.8, 4) is 11.1 Å². The summed E-state index contributed by atoms with van der Waals surface area (Å²) in [5, 5.41) is 6.85. The van der Waals surface area contributed by atoms with Gasteiger partial charge in [0, 0.05) is 67.2 Å². The lowest BCUT2D eigenvalue weighted by molar-refractivity contribution is 0.673. The molecule has 0 N–H and O–H groups in total. The van der Waals surface area contributed by atoms with Crippen molar-refractivity contribution in [2.45, 2.75) is 0 Å². The van der Waals surface area contributed by atoms with Crippen LogP contribution in [0.1, 0.15) is 0 Å². The Morgan fingerprint density at radius 2 is 0.682 bits per heavy atom. The van der Waals surface area contributed by atoms with E-state index in [9.17, 15) is 0 Å². The predicted molar refractivity (Wildman–Crippen MR) is 278 cm³/mol. The quantitative estimate of drug-likeness (QED) is 0.128. The molecule has 0 aliphatic rings. The number of para-hydroxylation sites is 5. The summed E-state index contributed by atoms with van der Waals surface area (Å²) in [6.45, 7) is 0. The van der Waals surface area contributed by atoms with Crippen molar-refractivity contribution < 1.29 is 4.42 Å². The minimum atomic E-state index is 0.885. The summed E-state index contributed by atoms with van der Waals surface area (Å²) in [7, 11) is 0. The van der Waals surface area contributed by atoms with E-state index in [1.165, 1.54) is 10.8 Å². The Balaban J connectivity index is 1.07. The minimum absolute atomic E-state index is 0.885. The van der Waals surface area contributed by atoms with Crippen LogP contribution in [0, 0.1) is 0 Å². The van der Waals surface area contributed by atoms with Crippen molar-refractivity contribution in [2.75, 3.05) is 14.7 Å². The maximum absolute atomic E-state index is 6.70. The highest BCUT2D eigenvalue weighted by molar-refractivity contribution is 6.30. The Kier molecular flexibility index (Phi) is 9.81. The van der Waals surface area contributed by atoms with Gasteiger partial charge in [-0.25, -0.2) is 0 Å². The molecule has 0 aliphatic heterocycles. The first-order chi connectivity index (χ1) is 32.8. The Labute approximate surface area is 384 Å². The zero-order chi connectivity index (χ0) is 43.8. The number of anilines is 9. The third-order valence-corrected chi connectivity index (χ3v) is 12.6. The normalized spacial score (nSPS) is 11.3. The summed E-state index contributed by atoms with van der Waals surface area (Å²) in [5.74, 6) is 0. The molecule has 0 radical (unpaired) electrons. The van der Waals surface area contributed by atoms with Crippen LogP contribution in [0.25, 0.3) is 54.6 Å². The number of nitrogens with zero attached hydrogens (tertiary/aromatic N) is 3. The van der Waals surface area contributed by atoms with Gasteiger partial charge in [-0.2, -0.15) is 0 Å². The summed E-state index contributed by atoms with van der Waals surface area (Å²) in [4.78, 5) is 7.09. The minimum Gasteiger partial charge on any atom is -0.455 e. The van der Waals surface area contributed by atoms with Gasteiger partial charge in [-0.15, -0.1) is 0 Å². The Hall–Kier alpha value is -8.86. The number of furan rings is 1. The first-order valence-corrected chi connectivity index (χ1v) is 22.4. The van der Waals surface area contributed by atoms with Gasteiger partial charge in [-0.3, -0.25) is 0 Å². The van der Waals surface area contributed by atoms with E-state index in [4.69, 9.17) is 4.42 Å². The second-order valence-electron chi connectivity index (χ2n) is 16.5. The summed E-state index contributed by atoms with van der Waals surface area (Å²) in [5.41, 5.74) is 13.6. The van der Waals surface area contributed by atoms with E-state index in [0.29, 0.717) is 0 Å². The molecular formula is C62H43N3O. The highest BCUT2D eigenvalue weighted by Crippen LogP contribution is 2.48. The van der Waals surface area contributed by atoms with Crippen LogP contribution in [-0.4, -0.2) is 0 Å². The average Bonchev–Trinajstić information content (AvgIpc) is 3.79. The van der Waals surface area contributed by atoms with Crippen LogP contribution in [0.4, 0.5) is 51.2 Å². The van der Waals surface area contributed by atoms with Gasteiger partial charge in [0.2, 0.25) is 0 Å². The molecule has 0 fully saturated rings. The molecule has 11 aromatic carbocycles. The largest absolute Gasteiger partial charge is 0.455 e. The fraction of sp³-hybridized carbons (Fsp3) is 0. The average molecular weight is 846 g/mol. The van der Waals surface area contributed by atoms with Crippen molar-refractivity contribution in [1.29, 1.82) is 0 Å². The number of hydrogen-bond donors (Lipinski definition) is 0. The topological polar surface area (TPSA) is 22.9 Å². The van der Waals surface area contributed by atoms with Gasteiger partial charge in [-0.1, -0.05) is 164 Å². The van der Waals surface area contributed by atoms with Crippen LogP contribution < -0.4 is 14.7 Å². The first kappa shape index (κ1) is 38.8. The van der Waals surface area contributed by atoms with Crippen LogP contribution in [0.3, 0.4) is 0 Å². The Bertz CT molecular complexity index is 3620. The van der Waals surface area contributed by atoms with Crippen LogP contribution in [0.2, 0.25) is 0 Å². The maximum Gasteiger partial charge on any atom is 0.143 e. The highest BCUT2D eigenvalue weighted by atomic mass is 16.3. The van der Waals surface area contributed by atoms with E-state index >= 15 is 0 Å². The summed E-state index contributed by atoms with van der Waals surface area (Å²) in [6, 6.07) is 93.0. The van der Waals surface area contributed by atoms with E-state index in [0.717, 1.165) is 95.0 Å². The van der Waals surface area contributed by atoms with Crippen molar-refractivity contribution >= 4 is 94.7 Å². The van der Waals surface area contributed by atoms with Crippen LogP contribution in [0.15, 0.2) is 265 Å². The summed E-state index contributed by atoms with van der Waals surface area (Å²) < 4.78 is 6.70. The zero-order valence-electron chi connectivity index (χ0n) is 36.1. The molecule has 4 nitrogen and oxygen atoms in total. The Morgan fingerprint density at radius 3 is 1.29 bits per heavy atom. The predicted octanol–water partition coefficient (Wildman–Crippen LogP) is 18.0. The molecule has 0 saturated carbocycles. The SMILES string of the molecule is c1ccc(-c2ccccc2N(c2cccc(N(c3ccccc3)c3cccc(N(c4ccccc4)c4ccccc4)c3)c2)c2ccc3c4ccccc4c4oc5ccccc5c4c3c2)cc1. The molecule has 312 valence electrons. The molecule has 12 rings (SSSR count). The van der Waals surface area contributed by atoms with Crippen molar-refractivity contribution in [1.82, 2.24) is 0 Å². The van der Waals surface area contributed by atoms with Crippen LogP contribution in [-0.2, 0) is 0 Å². The Morgan fingerprint density at radius 1 is 0.258 bits per heavy atom. The van der Waals surface area contributed by atoms with Crippen LogP contribution >= 0.6 is 0 Å². The molecule has 66 heavy (non-hydrogen) atoms. The molecule has 0 unspecified atom stereocenters. The van der Waals surface area contributed by atoms with Crippen molar-refractivity contribution in [2.24, 2.45) is 0 Å². The molecule has 0 atom stereocenters. The summed E-state index contributed by atoms with van der Waals surface area (Å²) >= 11 is 0. The van der Waals surface area contributed by atoms with E-state index < -0.39 is 0 Å². The monoisotopic (exact) mass is 845 g/mol. The standard InChI is InChI=1S/C62H43N3O/c1-5-21-44(22-6-1)53-33-15-17-37-59(53)65(52-39-40-55-54-34-13-14-35-56(54)62-61(58(55)43-52)57-36-16-18-38-60(57)66-62)51-32-20-31-50(42-51)64(47-27-11-4-12-28-47)49-30-19-29-48(41-49)63(45-23-7-2-8-24-45)46-25-9-3-10-26-46/h1-43H. The van der Waals surface area contributed by atoms with E-state index in [-0.39, 0.29) is 0 Å². The van der Waals surface area contributed by atoms with Crippen molar-refractivity contribution in [3.63, 3.8) is 0 Å². The van der Waals surface area contributed by atoms with Crippen LogP contribution in [0.5, 0.6) is 0 Å². The smallest absolute Gasteiger partial charge is 0.143 e. The lowest BCUT2D eigenvalue weighted by Gasteiger charge is -2.31. The second kappa shape index (κ2) is 16.7. The molecule has 0 saturated heterocycles. The third kappa shape index (κ3) is 6.89. The van der Waals surface area contributed by atoms with Gasteiger partial charge < -0.3 is 19.1 Å². The van der Waals surface area contributed by atoms with Gasteiger partial charge in [0.15, 0.2) is 0 Å². The first-order valence-electron chi connectivity index (χ1n) is 22.4. The fourth-order valence-corrected chi connectivity index (χ4v) is 9.66. The number of benzene rings is 11. The molecule has 0 spiro atoms. The van der Waals surface area contributed by atoms with E-state index in [1.807, 2.05) is 6.07 Å². The van der Waals surface area contributed by atoms with Gasteiger partial charge in [0.05, 0.1) is 5.69 Å². The zero-order valence-corrected chi connectivity index (χ0v) is 36.1. The number of hydrogen-bond acceptors (Lipinski definition) is 4. The third-order valence-electron chi connectivity index (χ3n) is 12.6. The van der Waals surface area contributed by atoms with Gasteiger partial charge >= 0.3 is 0 Å². The highest BCUT2D eigenvalue weighted by Gasteiger charge is 2.23. The maximum atomic E-state index is 6.70. The molecule has 1 heterocycles. The lowest BCUT2D eigenvalue weighted by Crippen LogP contribution is -2.15. The molecule has 0 amide bonds. The van der Waals surface area contributed by atoms with Gasteiger partial charge in [0.25, 0.3) is 0 Å². The molecule has 0 bridgehead atoms. The van der Waals surface area contributed by atoms with E-state index in [1.54, 1.807) is 0 Å². The molecule has 1 aromatic heterocycles. The van der Waals surface area contributed by atoms with Gasteiger partial charge in [-0.05, 0) is 119 Å². The summed E-state index contributed by atoms with van der Waals surface area (Å²) in [6.07, 6.45) is 0. The molecule has 4 heteroatoms. The lowest BCUT2D eigenvalue weighted by atomic mass is 9.95. The van der Waals surface area contributed by atoms with E-state index in [2.05, 4.69) is 269 Å². The number of fused-ring (bicyclic) bond motifs is 8. The van der Waals surface area contributed by atoms with Crippen molar-refractivity contribution in [3.05, 3.63) is 261 Å². The molecule has 12 aromatic rings. The van der Waals surface area contributed by atoms with Gasteiger partial charge in [0.1, 0.15) is 11.2 Å². The molecule has 0 aliphatic carbocycles. The number of rotatable bonds is 10. The second-order valence-corrected chi connectivity index (χ2v) is 16.5. The fourth-order valence-electron chi connectivity index (χ4n) is 9.66. The molecular weight excluding hydrogens is 803 g/mol.